The van der Waals surface area contributed by atoms with E-state index in [1.807, 2.05) is 0 Å². The minimum absolute atomic E-state index is 0.259. The van der Waals surface area contributed by atoms with Gasteiger partial charge in [-0.15, -0.1) is 20.6 Å². The maximum atomic E-state index is 9.75. The van der Waals surface area contributed by atoms with Gasteiger partial charge in [0, 0.05) is 0 Å². The van der Waals surface area contributed by atoms with Crippen molar-refractivity contribution in [2.45, 2.75) is 0 Å². The highest BCUT2D eigenvalue weighted by Gasteiger charge is 2.05. The van der Waals surface area contributed by atoms with Crippen molar-refractivity contribution in [3.8, 4) is 0 Å². The summed E-state index contributed by atoms with van der Waals surface area (Å²) in [5.41, 5.74) is 0. The first-order valence-corrected chi connectivity index (χ1v) is 3.61. The maximum Gasteiger partial charge on any atom is 0.410 e. The van der Waals surface area contributed by atoms with E-state index < -0.39 is 9.85 Å². The SMILES string of the molecule is O=[N+]([O-])c1cn[nH]n1.O=[N+]([O-])c1cn[nH]n1. The molecule has 2 aromatic rings. The second-order valence-corrected chi connectivity index (χ2v) is 2.17. The summed E-state index contributed by atoms with van der Waals surface area (Å²) < 4.78 is 0. The van der Waals surface area contributed by atoms with Gasteiger partial charge in [0.05, 0.1) is 10.2 Å². The number of aromatic amines is 2. The number of hydrogen-bond acceptors (Lipinski definition) is 8. The predicted molar refractivity (Wildman–Crippen MR) is 46.1 cm³/mol. The zero-order valence-electron chi connectivity index (χ0n) is 7.47. The van der Waals surface area contributed by atoms with Gasteiger partial charge in [-0.25, -0.2) is 0 Å². The summed E-state index contributed by atoms with van der Waals surface area (Å²) in [6.07, 6.45) is 2.08. The third-order valence-electron chi connectivity index (χ3n) is 1.18. The Labute approximate surface area is 86.0 Å². The second-order valence-electron chi connectivity index (χ2n) is 2.17. The lowest BCUT2D eigenvalue weighted by Gasteiger charge is -1.79. The van der Waals surface area contributed by atoms with Crippen molar-refractivity contribution in [1.29, 1.82) is 0 Å². The molecule has 0 atom stereocenters. The quantitative estimate of drug-likeness (QED) is 0.507. The van der Waals surface area contributed by atoms with Crippen molar-refractivity contribution in [1.82, 2.24) is 30.8 Å². The van der Waals surface area contributed by atoms with E-state index in [0.29, 0.717) is 0 Å². The van der Waals surface area contributed by atoms with Gasteiger partial charge in [0.1, 0.15) is 0 Å². The van der Waals surface area contributed by atoms with Gasteiger partial charge in [-0.3, -0.25) is 0 Å². The molecule has 12 heteroatoms. The van der Waals surface area contributed by atoms with Gasteiger partial charge < -0.3 is 20.2 Å². The summed E-state index contributed by atoms with van der Waals surface area (Å²) in [7, 11) is 0. The minimum Gasteiger partial charge on any atom is -0.358 e. The topological polar surface area (TPSA) is 169 Å². The fraction of sp³-hybridized carbons (Fsp3) is 0. The van der Waals surface area contributed by atoms with Gasteiger partial charge in [0.2, 0.25) is 0 Å². The molecule has 0 spiro atoms. The fourth-order valence-corrected chi connectivity index (χ4v) is 0.567. The third-order valence-corrected chi connectivity index (χ3v) is 1.18. The molecule has 0 saturated carbocycles. The molecule has 0 amide bonds. The molecule has 0 radical (unpaired) electrons. The summed E-state index contributed by atoms with van der Waals surface area (Å²) >= 11 is 0. The molecule has 2 aromatic heterocycles. The Morgan fingerprint density at radius 3 is 1.44 bits per heavy atom. The molecule has 2 rings (SSSR count). The predicted octanol–water partition coefficient (Wildman–Crippen LogP) is -0.574. The molecule has 0 aromatic carbocycles. The van der Waals surface area contributed by atoms with Crippen LogP contribution in [0, 0.1) is 20.2 Å². The Balaban J connectivity index is 0.000000160. The van der Waals surface area contributed by atoms with Crippen LogP contribution < -0.4 is 0 Å². The van der Waals surface area contributed by atoms with E-state index in [4.69, 9.17) is 0 Å². The smallest absolute Gasteiger partial charge is 0.358 e. The van der Waals surface area contributed by atoms with Crippen molar-refractivity contribution in [3.05, 3.63) is 32.6 Å². The third kappa shape index (κ3) is 3.09. The van der Waals surface area contributed by atoms with Crippen LogP contribution in [0.3, 0.4) is 0 Å². The summed E-state index contributed by atoms with van der Waals surface area (Å²) in [6.45, 7) is 0. The molecular formula is C4H4N8O4. The highest BCUT2D eigenvalue weighted by atomic mass is 16.6. The Bertz CT molecular complexity index is 404. The number of nitrogens with zero attached hydrogens (tertiary/aromatic N) is 6. The number of aromatic nitrogens is 6. The maximum absolute atomic E-state index is 9.75. The lowest BCUT2D eigenvalue weighted by atomic mass is 10.8. The Kier molecular flexibility index (Phi) is 3.54. The van der Waals surface area contributed by atoms with Gasteiger partial charge in [-0.05, 0) is 9.85 Å². The van der Waals surface area contributed by atoms with Gasteiger partial charge in [-0.2, -0.15) is 0 Å². The van der Waals surface area contributed by atoms with E-state index in [-0.39, 0.29) is 11.6 Å². The van der Waals surface area contributed by atoms with Gasteiger partial charge in [-0.1, -0.05) is 0 Å². The lowest BCUT2D eigenvalue weighted by molar-refractivity contribution is -0.389. The first-order chi connectivity index (χ1) is 7.61. The molecular weight excluding hydrogens is 224 g/mol. The lowest BCUT2D eigenvalue weighted by Crippen LogP contribution is -1.86. The van der Waals surface area contributed by atoms with Gasteiger partial charge in [0.25, 0.3) is 0 Å². The molecule has 16 heavy (non-hydrogen) atoms. The van der Waals surface area contributed by atoms with Crippen LogP contribution in [0.5, 0.6) is 0 Å². The van der Waals surface area contributed by atoms with Crippen LogP contribution in [-0.4, -0.2) is 40.7 Å². The highest BCUT2D eigenvalue weighted by Crippen LogP contribution is 1.98. The van der Waals surface area contributed by atoms with Crippen molar-refractivity contribution in [2.75, 3.05) is 0 Å². The van der Waals surface area contributed by atoms with Crippen LogP contribution in [-0.2, 0) is 0 Å². The number of H-pyrrole nitrogens is 2. The number of rotatable bonds is 2. The summed E-state index contributed by atoms with van der Waals surface area (Å²) in [4.78, 5) is 18.2. The molecule has 0 aliphatic heterocycles. The van der Waals surface area contributed by atoms with Crippen LogP contribution in [0.2, 0.25) is 0 Å². The normalized spacial score (nSPS) is 9.00. The van der Waals surface area contributed by atoms with E-state index in [2.05, 4.69) is 30.8 Å². The average molecular weight is 228 g/mol. The Hall–Kier alpha value is -2.92. The van der Waals surface area contributed by atoms with E-state index in [1.165, 1.54) is 0 Å². The monoisotopic (exact) mass is 228 g/mol. The zero-order chi connectivity index (χ0) is 12.0. The fourth-order valence-electron chi connectivity index (χ4n) is 0.567. The molecule has 0 bridgehead atoms. The molecule has 0 unspecified atom stereocenters. The minimum atomic E-state index is -0.622. The average Bonchev–Trinajstić information content (AvgIpc) is 2.93. The second kappa shape index (κ2) is 5.08. The first kappa shape index (κ1) is 11.2. The van der Waals surface area contributed by atoms with Gasteiger partial charge >= 0.3 is 11.6 Å². The van der Waals surface area contributed by atoms with Crippen LogP contribution in [0.1, 0.15) is 0 Å². The highest BCUT2D eigenvalue weighted by molar-refractivity contribution is 5.07. The molecule has 2 heterocycles. The van der Waals surface area contributed by atoms with Crippen LogP contribution in [0.15, 0.2) is 12.4 Å². The van der Waals surface area contributed by atoms with E-state index in [1.54, 1.807) is 0 Å². The molecule has 2 N–H and O–H groups in total. The van der Waals surface area contributed by atoms with Crippen LogP contribution in [0.4, 0.5) is 11.6 Å². The van der Waals surface area contributed by atoms with Crippen molar-refractivity contribution < 1.29 is 9.85 Å². The molecule has 84 valence electrons. The van der Waals surface area contributed by atoms with Crippen molar-refractivity contribution in [2.24, 2.45) is 0 Å². The van der Waals surface area contributed by atoms with E-state index >= 15 is 0 Å². The van der Waals surface area contributed by atoms with Crippen molar-refractivity contribution in [3.63, 3.8) is 0 Å². The van der Waals surface area contributed by atoms with Crippen LogP contribution >= 0.6 is 0 Å². The first-order valence-electron chi connectivity index (χ1n) is 3.61. The Morgan fingerprint density at radius 2 is 1.31 bits per heavy atom. The number of nitro groups is 2. The van der Waals surface area contributed by atoms with Gasteiger partial charge in [0.15, 0.2) is 12.4 Å². The Morgan fingerprint density at radius 1 is 0.938 bits per heavy atom. The van der Waals surface area contributed by atoms with Crippen LogP contribution in [0.25, 0.3) is 0 Å². The largest absolute Gasteiger partial charge is 0.410 e. The molecule has 0 saturated heterocycles. The summed E-state index contributed by atoms with van der Waals surface area (Å²) in [5.74, 6) is -0.519. The molecule has 12 nitrogen and oxygen atoms in total. The summed E-state index contributed by atoms with van der Waals surface area (Å²) in [6, 6.07) is 0. The molecule has 0 aliphatic carbocycles. The number of nitrogens with one attached hydrogen (secondary N) is 2. The van der Waals surface area contributed by atoms with E-state index in [9.17, 15) is 20.2 Å². The molecule has 0 aliphatic rings. The standard InChI is InChI=1S/2C2H2N4O2/c2*7-6(8)2-1-3-5-4-2/h2*1H,(H,3,4,5). The van der Waals surface area contributed by atoms with Crippen molar-refractivity contribution >= 4 is 11.6 Å². The zero-order valence-corrected chi connectivity index (χ0v) is 7.47. The molecule has 0 fully saturated rings. The number of hydrogen-bond donors (Lipinski definition) is 2. The summed E-state index contributed by atoms with van der Waals surface area (Å²) in [5, 5.41) is 36.5. The van der Waals surface area contributed by atoms with E-state index in [0.717, 1.165) is 12.4 Å².